The van der Waals surface area contributed by atoms with Crippen LogP contribution in [0.2, 0.25) is 0 Å². The molecule has 0 unspecified atom stereocenters. The first-order chi connectivity index (χ1) is 9.19. The number of hydrogen-bond donors (Lipinski definition) is 1. The van der Waals surface area contributed by atoms with E-state index >= 15 is 0 Å². The van der Waals surface area contributed by atoms with Crippen molar-refractivity contribution in [3.63, 3.8) is 0 Å². The van der Waals surface area contributed by atoms with Gasteiger partial charge in [-0.3, -0.25) is 9.48 Å². The van der Waals surface area contributed by atoms with Crippen LogP contribution in [-0.2, 0) is 17.8 Å². The fraction of sp³-hybridized carbons (Fsp3) is 0.333. The van der Waals surface area contributed by atoms with E-state index in [1.54, 1.807) is 0 Å². The number of aromatic nitrogens is 2. The van der Waals surface area contributed by atoms with Crippen molar-refractivity contribution in [2.75, 3.05) is 0 Å². The van der Waals surface area contributed by atoms with Crippen LogP contribution in [-0.4, -0.2) is 20.9 Å². The van der Waals surface area contributed by atoms with Gasteiger partial charge in [-0.1, -0.05) is 31.2 Å². The topological polar surface area (TPSA) is 55.1 Å². The van der Waals surface area contributed by atoms with Crippen LogP contribution < -0.4 is 0 Å². The first kappa shape index (κ1) is 13.3. The molecule has 19 heavy (non-hydrogen) atoms. The molecule has 2 rings (SSSR count). The van der Waals surface area contributed by atoms with Crippen LogP contribution in [0.4, 0.5) is 0 Å². The Bertz CT molecular complexity index is 544. The normalized spacial score (nSPS) is 10.6. The van der Waals surface area contributed by atoms with Gasteiger partial charge in [0.1, 0.15) is 0 Å². The number of carbonyl (C=O) groups is 1. The number of hydrogen-bond acceptors (Lipinski definition) is 2. The van der Waals surface area contributed by atoms with Crippen LogP contribution in [0.3, 0.4) is 0 Å². The Kier molecular flexibility index (Phi) is 4.34. The quantitative estimate of drug-likeness (QED) is 0.866. The van der Waals surface area contributed by atoms with Crippen LogP contribution >= 0.6 is 0 Å². The minimum Gasteiger partial charge on any atom is -0.481 e. The molecular weight excluding hydrogens is 240 g/mol. The van der Waals surface area contributed by atoms with Crippen molar-refractivity contribution < 1.29 is 9.90 Å². The maximum atomic E-state index is 10.5. The molecule has 1 aromatic carbocycles. The largest absolute Gasteiger partial charge is 0.481 e. The summed E-state index contributed by atoms with van der Waals surface area (Å²) in [5.41, 5.74) is 3.26. The molecule has 0 spiro atoms. The molecule has 0 amide bonds. The lowest BCUT2D eigenvalue weighted by molar-refractivity contribution is -0.136. The molecule has 0 aliphatic carbocycles. The molecule has 0 radical (unpaired) electrons. The Labute approximate surface area is 112 Å². The molecule has 0 aliphatic heterocycles. The van der Waals surface area contributed by atoms with Gasteiger partial charge in [0.05, 0.1) is 6.20 Å². The molecule has 0 aliphatic rings. The highest BCUT2D eigenvalue weighted by Crippen LogP contribution is 2.19. The molecule has 0 atom stereocenters. The average molecular weight is 258 g/mol. The van der Waals surface area contributed by atoms with Gasteiger partial charge in [0.15, 0.2) is 0 Å². The number of carboxylic acids is 1. The number of rotatable bonds is 6. The maximum absolute atomic E-state index is 10.5. The summed E-state index contributed by atoms with van der Waals surface area (Å²) in [7, 11) is 0. The number of benzene rings is 1. The van der Waals surface area contributed by atoms with Gasteiger partial charge in [-0.15, -0.1) is 0 Å². The zero-order chi connectivity index (χ0) is 13.7. The van der Waals surface area contributed by atoms with Gasteiger partial charge in [0.2, 0.25) is 0 Å². The van der Waals surface area contributed by atoms with Gasteiger partial charge in [0, 0.05) is 24.7 Å². The lowest BCUT2D eigenvalue weighted by Crippen LogP contribution is -1.97. The van der Waals surface area contributed by atoms with Gasteiger partial charge in [-0.05, 0) is 24.0 Å². The van der Waals surface area contributed by atoms with E-state index in [1.807, 2.05) is 41.3 Å². The second-order valence-corrected chi connectivity index (χ2v) is 4.58. The van der Waals surface area contributed by atoms with Crippen LogP contribution in [0.1, 0.15) is 25.3 Å². The standard InChI is InChI=1S/C15H18N2O2/c1-2-9-17-11-14(10-16-17)13-6-3-12(4-7-13)5-8-15(18)19/h3-4,6-7,10-11H,2,5,8-9H2,1H3,(H,18,19). The van der Waals surface area contributed by atoms with Crippen molar-refractivity contribution >= 4 is 5.97 Å². The van der Waals surface area contributed by atoms with Gasteiger partial charge >= 0.3 is 5.97 Å². The van der Waals surface area contributed by atoms with E-state index in [1.165, 1.54) is 0 Å². The summed E-state index contributed by atoms with van der Waals surface area (Å²) in [6, 6.07) is 8.00. The zero-order valence-corrected chi connectivity index (χ0v) is 11.0. The molecule has 4 heteroatoms. The molecule has 0 fully saturated rings. The van der Waals surface area contributed by atoms with E-state index in [4.69, 9.17) is 5.11 Å². The molecule has 0 saturated heterocycles. The van der Waals surface area contributed by atoms with E-state index < -0.39 is 5.97 Å². The summed E-state index contributed by atoms with van der Waals surface area (Å²) in [6.45, 7) is 3.05. The highest BCUT2D eigenvalue weighted by atomic mass is 16.4. The van der Waals surface area contributed by atoms with E-state index in [2.05, 4.69) is 12.0 Å². The molecule has 1 N–H and O–H groups in total. The van der Waals surface area contributed by atoms with Crippen molar-refractivity contribution in [1.29, 1.82) is 0 Å². The van der Waals surface area contributed by atoms with Crippen molar-refractivity contribution in [3.05, 3.63) is 42.2 Å². The number of aryl methyl sites for hydroxylation is 2. The van der Waals surface area contributed by atoms with E-state index in [-0.39, 0.29) is 6.42 Å². The highest BCUT2D eigenvalue weighted by Gasteiger charge is 2.03. The molecular formula is C15H18N2O2. The lowest BCUT2D eigenvalue weighted by Gasteiger charge is -2.01. The summed E-state index contributed by atoms with van der Waals surface area (Å²) >= 11 is 0. The number of carboxylic acid groups (broad SMARTS) is 1. The minimum atomic E-state index is -0.759. The molecule has 0 bridgehead atoms. The average Bonchev–Trinajstić information content (AvgIpc) is 2.86. The van der Waals surface area contributed by atoms with E-state index in [0.29, 0.717) is 6.42 Å². The van der Waals surface area contributed by atoms with Crippen molar-refractivity contribution in [3.8, 4) is 11.1 Å². The number of aliphatic carboxylic acids is 1. The predicted octanol–water partition coefficient (Wildman–Crippen LogP) is 2.98. The van der Waals surface area contributed by atoms with Gasteiger partial charge < -0.3 is 5.11 Å². The summed E-state index contributed by atoms with van der Waals surface area (Å²) < 4.78 is 1.94. The zero-order valence-electron chi connectivity index (χ0n) is 11.0. The fourth-order valence-electron chi connectivity index (χ4n) is 1.98. The molecule has 1 aromatic heterocycles. The third kappa shape index (κ3) is 3.68. The van der Waals surface area contributed by atoms with Gasteiger partial charge in [-0.25, -0.2) is 0 Å². The second-order valence-electron chi connectivity index (χ2n) is 4.58. The minimum absolute atomic E-state index is 0.174. The third-order valence-corrected chi connectivity index (χ3v) is 3.00. The second kappa shape index (κ2) is 6.18. The van der Waals surface area contributed by atoms with Crippen LogP contribution in [0.25, 0.3) is 11.1 Å². The molecule has 2 aromatic rings. The Morgan fingerprint density at radius 3 is 2.63 bits per heavy atom. The summed E-state index contributed by atoms with van der Waals surface area (Å²) in [5.74, 6) is -0.759. The summed E-state index contributed by atoms with van der Waals surface area (Å²) in [6.07, 6.45) is 5.71. The number of nitrogens with zero attached hydrogens (tertiary/aromatic N) is 2. The van der Waals surface area contributed by atoms with Gasteiger partial charge in [-0.2, -0.15) is 5.10 Å². The van der Waals surface area contributed by atoms with Crippen molar-refractivity contribution in [2.24, 2.45) is 0 Å². The monoisotopic (exact) mass is 258 g/mol. The molecule has 100 valence electrons. The Hall–Kier alpha value is -2.10. The Balaban J connectivity index is 2.06. The van der Waals surface area contributed by atoms with Crippen LogP contribution in [0.15, 0.2) is 36.7 Å². The molecule has 0 saturated carbocycles. The maximum Gasteiger partial charge on any atom is 0.303 e. The van der Waals surface area contributed by atoms with Crippen LogP contribution in [0, 0.1) is 0 Å². The fourth-order valence-corrected chi connectivity index (χ4v) is 1.98. The SMILES string of the molecule is CCCn1cc(-c2ccc(CCC(=O)O)cc2)cn1. The predicted molar refractivity (Wildman–Crippen MR) is 73.9 cm³/mol. The third-order valence-electron chi connectivity index (χ3n) is 3.00. The van der Waals surface area contributed by atoms with E-state index in [0.717, 1.165) is 29.7 Å². The van der Waals surface area contributed by atoms with Crippen molar-refractivity contribution in [1.82, 2.24) is 9.78 Å². The smallest absolute Gasteiger partial charge is 0.303 e. The van der Waals surface area contributed by atoms with Crippen molar-refractivity contribution in [2.45, 2.75) is 32.7 Å². The Morgan fingerprint density at radius 1 is 1.26 bits per heavy atom. The van der Waals surface area contributed by atoms with Crippen LogP contribution in [0.5, 0.6) is 0 Å². The first-order valence-corrected chi connectivity index (χ1v) is 6.52. The lowest BCUT2D eigenvalue weighted by atomic mass is 10.0. The molecule has 1 heterocycles. The molecule has 4 nitrogen and oxygen atoms in total. The summed E-state index contributed by atoms with van der Waals surface area (Å²) in [4.78, 5) is 10.5. The van der Waals surface area contributed by atoms with Gasteiger partial charge in [0.25, 0.3) is 0 Å². The van der Waals surface area contributed by atoms with E-state index in [9.17, 15) is 4.79 Å². The highest BCUT2D eigenvalue weighted by molar-refractivity contribution is 5.67. The summed E-state index contributed by atoms with van der Waals surface area (Å²) in [5, 5.41) is 13.0. The Morgan fingerprint density at radius 2 is 2.00 bits per heavy atom. The first-order valence-electron chi connectivity index (χ1n) is 6.52.